The largest absolute Gasteiger partial charge is 0.390 e. The van der Waals surface area contributed by atoms with Crippen molar-refractivity contribution < 1.29 is 19.0 Å². The molecule has 2 atom stereocenters. The number of aliphatic hydroxyl groups excluding tert-OH is 1. The molecule has 0 spiro atoms. The molecule has 8 heteroatoms. The SMILES string of the molecule is C[C@H]1CN(C(=O)CSc2nc(CO)cn2Cc2ccc(F)cc2)C[C@H](C)O1. The van der Waals surface area contributed by atoms with E-state index in [0.29, 0.717) is 30.5 Å². The number of aliphatic hydroxyl groups is 1. The third-order valence-corrected chi connectivity index (χ3v) is 5.29. The van der Waals surface area contributed by atoms with E-state index in [2.05, 4.69) is 4.98 Å². The molecule has 0 aliphatic carbocycles. The molecule has 1 N–H and O–H groups in total. The Morgan fingerprint density at radius 3 is 2.59 bits per heavy atom. The lowest BCUT2D eigenvalue weighted by atomic mass is 10.2. The second-order valence-electron chi connectivity index (χ2n) is 6.77. The summed E-state index contributed by atoms with van der Waals surface area (Å²) in [5.41, 5.74) is 1.46. The van der Waals surface area contributed by atoms with Crippen LogP contribution in [0.4, 0.5) is 4.39 Å². The first-order valence-corrected chi connectivity index (χ1v) is 9.90. The Hall–Kier alpha value is -1.90. The minimum Gasteiger partial charge on any atom is -0.390 e. The van der Waals surface area contributed by atoms with Gasteiger partial charge in [-0.2, -0.15) is 0 Å². The van der Waals surface area contributed by atoms with Crippen molar-refractivity contribution in [3.8, 4) is 0 Å². The smallest absolute Gasteiger partial charge is 0.233 e. The van der Waals surface area contributed by atoms with Gasteiger partial charge in [0, 0.05) is 25.8 Å². The minimum atomic E-state index is -0.283. The normalized spacial score (nSPS) is 20.1. The predicted molar refractivity (Wildman–Crippen MR) is 101 cm³/mol. The zero-order chi connectivity index (χ0) is 19.4. The van der Waals surface area contributed by atoms with Gasteiger partial charge in [0.2, 0.25) is 5.91 Å². The number of benzene rings is 1. The van der Waals surface area contributed by atoms with Crippen LogP contribution in [0.25, 0.3) is 0 Å². The van der Waals surface area contributed by atoms with Crippen LogP contribution in [-0.2, 0) is 22.7 Å². The number of hydrogen-bond acceptors (Lipinski definition) is 5. The number of morpholine rings is 1. The van der Waals surface area contributed by atoms with Crippen molar-refractivity contribution in [3.05, 3.63) is 47.5 Å². The molecule has 0 bridgehead atoms. The molecule has 2 heterocycles. The Morgan fingerprint density at radius 2 is 1.96 bits per heavy atom. The number of imidazole rings is 1. The van der Waals surface area contributed by atoms with Crippen molar-refractivity contribution in [1.29, 1.82) is 0 Å². The number of carbonyl (C=O) groups is 1. The molecule has 146 valence electrons. The van der Waals surface area contributed by atoms with Crippen molar-refractivity contribution in [2.75, 3.05) is 18.8 Å². The van der Waals surface area contributed by atoms with Gasteiger partial charge in [-0.1, -0.05) is 23.9 Å². The van der Waals surface area contributed by atoms with E-state index in [0.717, 1.165) is 5.56 Å². The first-order chi connectivity index (χ1) is 12.9. The van der Waals surface area contributed by atoms with Crippen LogP contribution < -0.4 is 0 Å². The predicted octanol–water partition coefficient (Wildman–Crippen LogP) is 2.29. The average Bonchev–Trinajstić information content (AvgIpc) is 3.02. The number of hydrogen-bond donors (Lipinski definition) is 1. The summed E-state index contributed by atoms with van der Waals surface area (Å²) in [5, 5.41) is 10.1. The van der Waals surface area contributed by atoms with Gasteiger partial charge in [-0.25, -0.2) is 9.37 Å². The Kier molecular flexibility index (Phi) is 6.51. The van der Waals surface area contributed by atoms with Crippen molar-refractivity contribution in [2.45, 2.75) is 44.4 Å². The van der Waals surface area contributed by atoms with Crippen LogP contribution in [0, 0.1) is 5.82 Å². The molecule has 27 heavy (non-hydrogen) atoms. The van der Waals surface area contributed by atoms with E-state index in [9.17, 15) is 14.3 Å². The molecule has 1 saturated heterocycles. The summed E-state index contributed by atoms with van der Waals surface area (Å²) in [6.45, 7) is 5.44. The minimum absolute atomic E-state index is 0.0316. The van der Waals surface area contributed by atoms with Gasteiger partial charge in [-0.05, 0) is 31.5 Å². The summed E-state index contributed by atoms with van der Waals surface area (Å²) in [4.78, 5) is 18.8. The van der Waals surface area contributed by atoms with Gasteiger partial charge in [-0.3, -0.25) is 4.79 Å². The zero-order valence-electron chi connectivity index (χ0n) is 15.5. The maximum Gasteiger partial charge on any atom is 0.233 e. The highest BCUT2D eigenvalue weighted by Gasteiger charge is 2.26. The standard InChI is InChI=1S/C19H24FN3O3S/c1-13-7-22(8-14(2)26-13)18(25)12-27-19-21-17(11-24)10-23(19)9-15-3-5-16(20)6-4-15/h3-6,10,13-14,24H,7-9,11-12H2,1-2H3/t13-,14-/m0/s1. The Bertz CT molecular complexity index is 771. The molecule has 1 amide bonds. The van der Waals surface area contributed by atoms with E-state index in [1.54, 1.807) is 18.3 Å². The summed E-state index contributed by atoms with van der Waals surface area (Å²) in [6.07, 6.45) is 1.82. The number of aromatic nitrogens is 2. The number of rotatable bonds is 6. The number of amides is 1. The van der Waals surface area contributed by atoms with Gasteiger partial charge in [-0.15, -0.1) is 0 Å². The number of halogens is 1. The van der Waals surface area contributed by atoms with Crippen LogP contribution in [0.2, 0.25) is 0 Å². The maximum absolute atomic E-state index is 13.1. The van der Waals surface area contributed by atoms with Crippen molar-refractivity contribution in [1.82, 2.24) is 14.5 Å². The molecule has 0 radical (unpaired) electrons. The molecule has 2 aromatic rings. The second-order valence-corrected chi connectivity index (χ2v) is 7.71. The monoisotopic (exact) mass is 393 g/mol. The first kappa shape index (κ1) is 19.9. The van der Waals surface area contributed by atoms with Crippen LogP contribution >= 0.6 is 11.8 Å². The quantitative estimate of drug-likeness (QED) is 0.763. The fourth-order valence-electron chi connectivity index (χ4n) is 3.14. The first-order valence-electron chi connectivity index (χ1n) is 8.92. The highest BCUT2D eigenvalue weighted by Crippen LogP contribution is 2.21. The Balaban J connectivity index is 1.66. The van der Waals surface area contributed by atoms with Crippen molar-refractivity contribution >= 4 is 17.7 Å². The van der Waals surface area contributed by atoms with Gasteiger partial charge in [0.05, 0.1) is 30.3 Å². The number of nitrogens with zero attached hydrogens (tertiary/aromatic N) is 3. The molecule has 0 unspecified atom stereocenters. The van der Waals surface area contributed by atoms with Crippen LogP contribution in [-0.4, -0.2) is 56.5 Å². The van der Waals surface area contributed by atoms with Gasteiger partial charge in [0.25, 0.3) is 0 Å². The summed E-state index contributed by atoms with van der Waals surface area (Å²) in [6, 6.07) is 6.25. The van der Waals surface area contributed by atoms with E-state index in [-0.39, 0.29) is 36.3 Å². The highest BCUT2D eigenvalue weighted by molar-refractivity contribution is 7.99. The lowest BCUT2D eigenvalue weighted by Crippen LogP contribution is -2.48. The van der Waals surface area contributed by atoms with Crippen LogP contribution in [0.15, 0.2) is 35.6 Å². The van der Waals surface area contributed by atoms with Crippen LogP contribution in [0.3, 0.4) is 0 Å². The third kappa shape index (κ3) is 5.31. The molecule has 1 aromatic carbocycles. The summed E-state index contributed by atoms with van der Waals surface area (Å²) in [7, 11) is 0. The number of carbonyl (C=O) groups excluding carboxylic acids is 1. The summed E-state index contributed by atoms with van der Waals surface area (Å²) >= 11 is 1.34. The highest BCUT2D eigenvalue weighted by atomic mass is 32.2. The molecular weight excluding hydrogens is 369 g/mol. The van der Waals surface area contributed by atoms with E-state index in [1.165, 1.54) is 23.9 Å². The van der Waals surface area contributed by atoms with Gasteiger partial charge in [0.15, 0.2) is 5.16 Å². The van der Waals surface area contributed by atoms with Crippen molar-refractivity contribution in [3.63, 3.8) is 0 Å². The number of thioether (sulfide) groups is 1. The Morgan fingerprint density at radius 1 is 1.30 bits per heavy atom. The molecule has 3 rings (SSSR count). The molecule has 1 aliphatic heterocycles. The summed E-state index contributed by atoms with van der Waals surface area (Å²) < 4.78 is 20.6. The average molecular weight is 393 g/mol. The molecule has 1 aromatic heterocycles. The lowest BCUT2D eigenvalue weighted by Gasteiger charge is -2.35. The molecular formula is C19H24FN3O3S. The van der Waals surface area contributed by atoms with E-state index in [4.69, 9.17) is 4.74 Å². The van der Waals surface area contributed by atoms with E-state index < -0.39 is 0 Å². The van der Waals surface area contributed by atoms with E-state index >= 15 is 0 Å². The fraction of sp³-hybridized carbons (Fsp3) is 0.474. The molecule has 6 nitrogen and oxygen atoms in total. The molecule has 0 saturated carbocycles. The molecule has 1 aliphatic rings. The van der Waals surface area contributed by atoms with Gasteiger partial charge >= 0.3 is 0 Å². The third-order valence-electron chi connectivity index (χ3n) is 4.32. The van der Waals surface area contributed by atoms with Gasteiger partial charge in [0.1, 0.15) is 5.82 Å². The van der Waals surface area contributed by atoms with Crippen molar-refractivity contribution in [2.24, 2.45) is 0 Å². The maximum atomic E-state index is 13.1. The van der Waals surface area contributed by atoms with Gasteiger partial charge < -0.3 is 19.3 Å². The molecule has 1 fully saturated rings. The van der Waals surface area contributed by atoms with E-state index in [1.807, 2.05) is 23.3 Å². The Labute approximate surface area is 162 Å². The van der Waals surface area contributed by atoms with Crippen LogP contribution in [0.1, 0.15) is 25.1 Å². The summed E-state index contributed by atoms with van der Waals surface area (Å²) in [5.74, 6) is 0.0311. The number of ether oxygens (including phenoxy) is 1. The zero-order valence-corrected chi connectivity index (χ0v) is 16.3. The van der Waals surface area contributed by atoms with Crippen LogP contribution in [0.5, 0.6) is 0 Å². The lowest BCUT2D eigenvalue weighted by molar-refractivity contribution is -0.140. The topological polar surface area (TPSA) is 67.6 Å². The second kappa shape index (κ2) is 8.86. The fourth-order valence-corrected chi connectivity index (χ4v) is 4.04.